The molecule has 0 aliphatic heterocycles. The Morgan fingerprint density at radius 2 is 2.50 bits per heavy atom. The van der Waals surface area contributed by atoms with Crippen LogP contribution in [0, 0.1) is 0 Å². The summed E-state index contributed by atoms with van der Waals surface area (Å²) in [6.45, 7) is 0.147. The summed E-state index contributed by atoms with van der Waals surface area (Å²) in [5.74, 6) is 0. The van der Waals surface area contributed by atoms with Crippen molar-refractivity contribution in [1.29, 1.82) is 0 Å². The molecule has 0 saturated heterocycles. The molecule has 1 heterocycles. The third-order valence-corrected chi connectivity index (χ3v) is 0.648. The Morgan fingerprint density at radius 1 is 1.70 bits per heavy atom. The summed E-state index contributed by atoms with van der Waals surface area (Å²) in [5.41, 5.74) is 0. The number of tetrazole rings is 1. The molecule has 1 rings (SSSR count). The molecule has 0 fully saturated rings. The molecule has 0 spiro atoms. The largest absolute Gasteiger partial charge is 1.00 e. The maximum absolute atomic E-state index is 8.25. The van der Waals surface area contributed by atoms with Crippen LogP contribution in [0.15, 0.2) is 0 Å². The zero-order valence-electron chi connectivity index (χ0n) is 6.61. The van der Waals surface area contributed by atoms with E-state index in [1.165, 1.54) is 0 Å². The van der Waals surface area contributed by atoms with Crippen LogP contribution >= 0.6 is 0 Å². The minimum atomic E-state index is -0.0471. The smallest absolute Gasteiger partial charge is 1.00 e. The third-order valence-electron chi connectivity index (χ3n) is 0.648. The van der Waals surface area contributed by atoms with Gasteiger partial charge in [0.1, 0.15) is 6.61 Å². The summed E-state index contributed by atoms with van der Waals surface area (Å²) >= 11 is 0. The van der Waals surface area contributed by atoms with Crippen LogP contribution in [0.3, 0.4) is 0 Å². The number of aliphatic hydroxyl groups is 1. The maximum Gasteiger partial charge on any atom is 1.00 e. The molecule has 10 heavy (non-hydrogen) atoms. The first kappa shape index (κ1) is 9.83. The number of nitrogens with zero attached hydrogens (tertiary/aromatic N) is 3. The number of aliphatic hydroxyl groups excluding tert-OH is 1. The van der Waals surface area contributed by atoms with Crippen molar-refractivity contribution in [2.75, 3.05) is 13.2 Å². The normalized spacial score (nSPS) is 8.50. The number of hydrogen-bond donors (Lipinski definition) is 2. The van der Waals surface area contributed by atoms with Gasteiger partial charge in [-0.05, 0) is 5.21 Å². The van der Waals surface area contributed by atoms with E-state index in [-0.39, 0.29) is 50.2 Å². The van der Waals surface area contributed by atoms with E-state index >= 15 is 0 Å². The first-order valence-electron chi connectivity index (χ1n) is 2.40. The van der Waals surface area contributed by atoms with E-state index in [1.54, 1.807) is 0 Å². The van der Waals surface area contributed by atoms with Crippen LogP contribution in [-0.2, 0) is 0 Å². The third kappa shape index (κ3) is 3.11. The van der Waals surface area contributed by atoms with Crippen molar-refractivity contribution < 1.29 is 40.8 Å². The SMILES string of the molecule is OCCOc1nn[nH]n1.[H-].[Na+]. The molecule has 0 atom stereocenters. The van der Waals surface area contributed by atoms with Gasteiger partial charge in [-0.15, -0.1) is 0 Å². The molecule has 0 radical (unpaired) electrons. The van der Waals surface area contributed by atoms with Gasteiger partial charge in [-0.25, -0.2) is 0 Å². The zero-order chi connectivity index (χ0) is 6.53. The van der Waals surface area contributed by atoms with Crippen molar-refractivity contribution in [2.24, 2.45) is 0 Å². The second-order valence-electron chi connectivity index (χ2n) is 1.27. The van der Waals surface area contributed by atoms with Crippen LogP contribution in [-0.4, -0.2) is 38.9 Å². The number of aromatic amines is 1. The average molecular weight is 154 g/mol. The topological polar surface area (TPSA) is 83.9 Å². The second kappa shape index (κ2) is 5.60. The predicted molar refractivity (Wildman–Crippen MR) is 27.9 cm³/mol. The number of rotatable bonds is 3. The van der Waals surface area contributed by atoms with E-state index in [0.29, 0.717) is 0 Å². The predicted octanol–water partition coefficient (Wildman–Crippen LogP) is -4.31. The molecule has 1 aromatic heterocycles. The van der Waals surface area contributed by atoms with Gasteiger partial charge in [0.25, 0.3) is 0 Å². The Bertz CT molecular complexity index is 160. The van der Waals surface area contributed by atoms with Crippen LogP contribution in [0.4, 0.5) is 0 Å². The first-order valence-corrected chi connectivity index (χ1v) is 2.40. The molecule has 0 aliphatic rings. The van der Waals surface area contributed by atoms with E-state index in [1.807, 2.05) is 0 Å². The molecule has 6 nitrogen and oxygen atoms in total. The van der Waals surface area contributed by atoms with Gasteiger partial charge >= 0.3 is 35.6 Å². The van der Waals surface area contributed by atoms with Gasteiger partial charge in [-0.2, -0.15) is 5.21 Å². The summed E-state index contributed by atoms with van der Waals surface area (Å²) in [4.78, 5) is 0. The van der Waals surface area contributed by atoms with Crippen molar-refractivity contribution in [3.63, 3.8) is 0 Å². The Hall–Kier alpha value is -0.170. The monoisotopic (exact) mass is 154 g/mol. The average Bonchev–Trinajstić information content (AvgIpc) is 2.34. The van der Waals surface area contributed by atoms with E-state index < -0.39 is 0 Å². The molecule has 0 amide bonds. The fraction of sp³-hybridized carbons (Fsp3) is 0.667. The van der Waals surface area contributed by atoms with E-state index in [2.05, 4.69) is 20.6 Å². The quantitative estimate of drug-likeness (QED) is 0.430. The number of hydrogen-bond acceptors (Lipinski definition) is 5. The van der Waals surface area contributed by atoms with Crippen molar-refractivity contribution in [2.45, 2.75) is 0 Å². The molecule has 52 valence electrons. The molecule has 0 bridgehead atoms. The van der Waals surface area contributed by atoms with E-state index in [9.17, 15) is 0 Å². The Balaban J connectivity index is 0. The molecule has 0 saturated carbocycles. The van der Waals surface area contributed by atoms with E-state index in [4.69, 9.17) is 9.84 Å². The zero-order valence-corrected chi connectivity index (χ0v) is 7.61. The van der Waals surface area contributed by atoms with Crippen LogP contribution in [0.5, 0.6) is 6.01 Å². The first-order chi connectivity index (χ1) is 4.43. The van der Waals surface area contributed by atoms with Gasteiger partial charge < -0.3 is 11.3 Å². The Morgan fingerprint density at radius 3 is 3.00 bits per heavy atom. The van der Waals surface area contributed by atoms with E-state index in [0.717, 1.165) is 0 Å². The summed E-state index contributed by atoms with van der Waals surface area (Å²) in [6, 6.07) is 0.157. The van der Waals surface area contributed by atoms with Crippen LogP contribution in [0.25, 0.3) is 0 Å². The molecule has 2 N–H and O–H groups in total. The maximum atomic E-state index is 8.25. The summed E-state index contributed by atoms with van der Waals surface area (Å²) < 4.78 is 4.73. The minimum absolute atomic E-state index is 0. The van der Waals surface area contributed by atoms with Crippen LogP contribution < -0.4 is 34.3 Å². The van der Waals surface area contributed by atoms with Gasteiger partial charge in [0.05, 0.1) is 6.61 Å². The standard InChI is InChI=1S/C3H6N4O2.Na.H/c8-1-2-9-3-4-6-7-5-3;;/h8H,1-2H2,(H,4,5,6,7);;/q;+1;-1. The van der Waals surface area contributed by atoms with Gasteiger partial charge in [0.2, 0.25) is 0 Å². The van der Waals surface area contributed by atoms with Crippen LogP contribution in [0.2, 0.25) is 0 Å². The molecule has 0 aromatic carbocycles. The molecule has 1 aromatic rings. The van der Waals surface area contributed by atoms with Gasteiger partial charge in [0.15, 0.2) is 0 Å². The van der Waals surface area contributed by atoms with Crippen molar-refractivity contribution >= 4 is 0 Å². The molecular formula is C3H7N4NaO2. The summed E-state index contributed by atoms with van der Waals surface area (Å²) in [5, 5.41) is 20.6. The minimum Gasteiger partial charge on any atom is -1.00 e. The number of aromatic nitrogens is 4. The number of H-pyrrole nitrogens is 1. The summed E-state index contributed by atoms with van der Waals surface area (Å²) in [7, 11) is 0. The van der Waals surface area contributed by atoms with Crippen LogP contribution in [0.1, 0.15) is 1.43 Å². The molecular weight excluding hydrogens is 147 g/mol. The fourth-order valence-corrected chi connectivity index (χ4v) is 0.351. The molecule has 0 aliphatic carbocycles. The number of ether oxygens (including phenoxy) is 1. The Kier molecular flexibility index (Phi) is 5.51. The second-order valence-corrected chi connectivity index (χ2v) is 1.27. The molecule has 7 heteroatoms. The van der Waals surface area contributed by atoms with Gasteiger partial charge in [-0.1, -0.05) is 10.2 Å². The Labute approximate surface area is 80.7 Å². The fourth-order valence-electron chi connectivity index (χ4n) is 0.351. The molecule has 0 unspecified atom stereocenters. The van der Waals surface area contributed by atoms with Crippen molar-refractivity contribution in [3.8, 4) is 6.01 Å². The van der Waals surface area contributed by atoms with Crippen molar-refractivity contribution in [3.05, 3.63) is 0 Å². The van der Waals surface area contributed by atoms with Crippen molar-refractivity contribution in [1.82, 2.24) is 20.6 Å². The number of nitrogens with one attached hydrogen (secondary N) is 1. The summed E-state index contributed by atoms with van der Waals surface area (Å²) in [6.07, 6.45) is 0. The van der Waals surface area contributed by atoms with Gasteiger partial charge in [0, 0.05) is 0 Å². The van der Waals surface area contributed by atoms with Gasteiger partial charge in [-0.3, -0.25) is 0 Å².